The Kier molecular flexibility index (Phi) is 4.49. The first-order chi connectivity index (χ1) is 17.6. The van der Waals surface area contributed by atoms with E-state index < -0.39 is 0 Å². The molecule has 0 fully saturated rings. The van der Waals surface area contributed by atoms with E-state index in [1.807, 2.05) is 31.4 Å². The maximum Gasteiger partial charge on any atom is 0.216 e. The number of fused-ring (bicyclic) bond motifs is 6. The van der Waals surface area contributed by atoms with Crippen LogP contribution in [0.1, 0.15) is 5.56 Å². The molecular formula is C33H23FNO+. The van der Waals surface area contributed by atoms with Gasteiger partial charge in [0.05, 0.1) is 5.56 Å². The third-order valence-electron chi connectivity index (χ3n) is 7.27. The van der Waals surface area contributed by atoms with Crippen LogP contribution in [0.3, 0.4) is 0 Å². The Labute approximate surface area is 207 Å². The zero-order valence-electron chi connectivity index (χ0n) is 20.0. The summed E-state index contributed by atoms with van der Waals surface area (Å²) in [4.78, 5) is 0. The number of hydrogen-bond donors (Lipinski definition) is 0. The molecule has 0 atom stereocenters. The van der Waals surface area contributed by atoms with E-state index >= 15 is 0 Å². The average Bonchev–Trinajstić information content (AvgIpc) is 3.26. The third-order valence-corrected chi connectivity index (χ3v) is 7.27. The topological polar surface area (TPSA) is 17.0 Å². The minimum atomic E-state index is -0.303. The van der Waals surface area contributed by atoms with Crippen LogP contribution < -0.4 is 4.57 Å². The lowest BCUT2D eigenvalue weighted by Crippen LogP contribution is -2.30. The molecule has 2 nitrogen and oxygen atoms in total. The van der Waals surface area contributed by atoms with E-state index in [4.69, 9.17) is 4.42 Å². The number of pyridine rings is 1. The molecule has 0 N–H and O–H groups in total. The Hall–Kier alpha value is -4.50. The first kappa shape index (κ1) is 20.8. The van der Waals surface area contributed by atoms with Crippen molar-refractivity contribution >= 4 is 43.5 Å². The lowest BCUT2D eigenvalue weighted by Gasteiger charge is -2.14. The van der Waals surface area contributed by atoms with E-state index in [2.05, 4.69) is 78.2 Å². The average molecular weight is 469 g/mol. The van der Waals surface area contributed by atoms with Gasteiger partial charge in [-0.1, -0.05) is 48.5 Å². The fraction of sp³-hybridized carbons (Fsp3) is 0.0606. The lowest BCUT2D eigenvalue weighted by molar-refractivity contribution is -0.660. The van der Waals surface area contributed by atoms with Crippen LogP contribution in [0.15, 0.2) is 108 Å². The maximum absolute atomic E-state index is 14.3. The van der Waals surface area contributed by atoms with Gasteiger partial charge in [0.2, 0.25) is 5.69 Å². The van der Waals surface area contributed by atoms with Crippen molar-refractivity contribution in [2.24, 2.45) is 7.05 Å². The number of furan rings is 1. The van der Waals surface area contributed by atoms with Gasteiger partial charge in [0, 0.05) is 29.0 Å². The molecule has 0 radical (unpaired) electrons. The van der Waals surface area contributed by atoms with Crippen molar-refractivity contribution in [2.75, 3.05) is 0 Å². The Morgan fingerprint density at radius 1 is 0.694 bits per heavy atom. The predicted molar refractivity (Wildman–Crippen MR) is 145 cm³/mol. The highest BCUT2D eigenvalue weighted by atomic mass is 19.1. The van der Waals surface area contributed by atoms with Crippen LogP contribution in [-0.2, 0) is 7.05 Å². The standard InChI is InChI=1S/C33H23FNO/c1-20-17-28(27-18-21-9-3-4-10-23(21)24-11-5-6-12-25(24)27)32-26-15-14-22(34)19-30(26)36-33(32)31(20)29-13-7-8-16-35(29)2/h3-19H,1-2H3/q+1. The molecule has 7 aromatic rings. The van der Waals surface area contributed by atoms with E-state index in [1.165, 1.54) is 33.7 Å². The fourth-order valence-electron chi connectivity index (χ4n) is 5.64. The SMILES string of the molecule is Cc1cc(-c2cc3ccccc3c3ccccc23)c2c(oc3cc(F)ccc32)c1-c1cccc[n+]1C. The quantitative estimate of drug-likeness (QED) is 0.184. The van der Waals surface area contributed by atoms with Crippen LogP contribution in [0.2, 0.25) is 0 Å². The maximum atomic E-state index is 14.3. The van der Waals surface area contributed by atoms with E-state index in [9.17, 15) is 4.39 Å². The summed E-state index contributed by atoms with van der Waals surface area (Å²) >= 11 is 0. The second kappa shape index (κ2) is 7.76. The van der Waals surface area contributed by atoms with Crippen molar-refractivity contribution in [1.82, 2.24) is 0 Å². The van der Waals surface area contributed by atoms with E-state index in [0.717, 1.165) is 44.3 Å². The minimum absolute atomic E-state index is 0.303. The third kappa shape index (κ3) is 2.99. The molecule has 0 bridgehead atoms. The number of benzene rings is 5. The van der Waals surface area contributed by atoms with Gasteiger partial charge in [0.25, 0.3) is 0 Å². The molecule has 172 valence electrons. The molecule has 36 heavy (non-hydrogen) atoms. The van der Waals surface area contributed by atoms with Crippen LogP contribution in [0.4, 0.5) is 4.39 Å². The van der Waals surface area contributed by atoms with Crippen LogP contribution in [0.5, 0.6) is 0 Å². The minimum Gasteiger partial charge on any atom is -0.455 e. The number of halogens is 1. The van der Waals surface area contributed by atoms with E-state index in [-0.39, 0.29) is 5.82 Å². The van der Waals surface area contributed by atoms with Crippen molar-refractivity contribution in [3.63, 3.8) is 0 Å². The van der Waals surface area contributed by atoms with Crippen molar-refractivity contribution < 1.29 is 13.4 Å². The zero-order chi connectivity index (χ0) is 24.4. The van der Waals surface area contributed by atoms with E-state index in [1.54, 1.807) is 0 Å². The van der Waals surface area contributed by atoms with Crippen LogP contribution in [0, 0.1) is 12.7 Å². The molecule has 0 saturated carbocycles. The second-order valence-corrected chi connectivity index (χ2v) is 9.45. The summed E-state index contributed by atoms with van der Waals surface area (Å²) in [5.74, 6) is -0.303. The Bertz CT molecular complexity index is 1980. The summed E-state index contributed by atoms with van der Waals surface area (Å²) < 4.78 is 22.8. The number of aryl methyl sites for hydroxylation is 2. The molecule has 0 aliphatic carbocycles. The van der Waals surface area contributed by atoms with Gasteiger partial charge in [0.1, 0.15) is 24.0 Å². The second-order valence-electron chi connectivity index (χ2n) is 9.45. The number of hydrogen-bond acceptors (Lipinski definition) is 1. The molecule has 2 heterocycles. The number of aromatic nitrogens is 1. The Balaban J connectivity index is 1.69. The monoisotopic (exact) mass is 468 g/mol. The summed E-state index contributed by atoms with van der Waals surface area (Å²) in [6.45, 7) is 2.13. The normalized spacial score (nSPS) is 11.8. The fourth-order valence-corrected chi connectivity index (χ4v) is 5.64. The largest absolute Gasteiger partial charge is 0.455 e. The van der Waals surface area contributed by atoms with Crippen molar-refractivity contribution in [3.8, 4) is 22.4 Å². The molecule has 0 saturated heterocycles. The summed E-state index contributed by atoms with van der Waals surface area (Å²) in [5, 5.41) is 6.75. The summed E-state index contributed by atoms with van der Waals surface area (Å²) in [6.07, 6.45) is 2.04. The first-order valence-electron chi connectivity index (χ1n) is 12.1. The summed E-state index contributed by atoms with van der Waals surface area (Å²) in [6, 6.07) is 32.6. The number of rotatable bonds is 2. The zero-order valence-corrected chi connectivity index (χ0v) is 20.0. The summed E-state index contributed by atoms with van der Waals surface area (Å²) in [7, 11) is 2.04. The van der Waals surface area contributed by atoms with E-state index in [0.29, 0.717) is 5.58 Å². The van der Waals surface area contributed by atoms with Gasteiger partial charge >= 0.3 is 0 Å². The van der Waals surface area contributed by atoms with Gasteiger partial charge in [-0.3, -0.25) is 0 Å². The predicted octanol–water partition coefficient (Wildman–Crippen LogP) is 8.50. The van der Waals surface area contributed by atoms with Crippen molar-refractivity contribution in [1.29, 1.82) is 0 Å². The van der Waals surface area contributed by atoms with Crippen LogP contribution >= 0.6 is 0 Å². The molecule has 3 heteroatoms. The molecule has 0 aliphatic rings. The Morgan fingerprint density at radius 3 is 2.28 bits per heavy atom. The molecule has 2 aromatic heterocycles. The first-order valence-corrected chi connectivity index (χ1v) is 12.1. The molecule has 0 aliphatic heterocycles. The molecule has 0 unspecified atom stereocenters. The van der Waals surface area contributed by atoms with Crippen molar-refractivity contribution in [3.05, 3.63) is 115 Å². The molecule has 0 spiro atoms. The molecule has 7 rings (SSSR count). The van der Waals surface area contributed by atoms with Gasteiger partial charge < -0.3 is 4.42 Å². The highest BCUT2D eigenvalue weighted by Gasteiger charge is 2.24. The van der Waals surface area contributed by atoms with Gasteiger partial charge in [-0.25, -0.2) is 8.96 Å². The number of nitrogens with zero attached hydrogens (tertiary/aromatic N) is 1. The highest BCUT2D eigenvalue weighted by Crippen LogP contribution is 2.45. The van der Waals surface area contributed by atoms with Crippen LogP contribution in [-0.4, -0.2) is 0 Å². The Morgan fingerprint density at radius 2 is 1.44 bits per heavy atom. The highest BCUT2D eigenvalue weighted by molar-refractivity contribution is 6.21. The molecule has 0 amide bonds. The van der Waals surface area contributed by atoms with Gasteiger partial charge in [0.15, 0.2) is 6.20 Å². The molecule has 5 aromatic carbocycles. The van der Waals surface area contributed by atoms with Gasteiger partial charge in [-0.2, -0.15) is 0 Å². The smallest absolute Gasteiger partial charge is 0.216 e. The van der Waals surface area contributed by atoms with Crippen LogP contribution in [0.25, 0.3) is 65.9 Å². The van der Waals surface area contributed by atoms with Gasteiger partial charge in [-0.05, 0) is 75.5 Å². The summed E-state index contributed by atoms with van der Waals surface area (Å²) in [5.41, 5.74) is 6.76. The molecular weight excluding hydrogens is 445 g/mol. The van der Waals surface area contributed by atoms with Crippen molar-refractivity contribution in [2.45, 2.75) is 6.92 Å². The lowest BCUT2D eigenvalue weighted by atomic mass is 9.88. The van der Waals surface area contributed by atoms with Gasteiger partial charge in [-0.15, -0.1) is 0 Å².